The molecule has 5 nitrogen and oxygen atoms in total. The molecule has 0 unspecified atom stereocenters. The molecule has 96 valence electrons. The number of aliphatic imine (C=N–C) groups is 1. The number of carbonyl (C=O) groups is 1. The molecule has 0 bridgehead atoms. The van der Waals surface area contributed by atoms with Gasteiger partial charge in [0.25, 0.3) is 0 Å². The summed E-state index contributed by atoms with van der Waals surface area (Å²) in [5.74, 6) is 0.0771. The van der Waals surface area contributed by atoms with Crippen molar-refractivity contribution in [2.24, 2.45) is 4.99 Å². The predicted molar refractivity (Wildman–Crippen MR) is 73.0 cm³/mol. The van der Waals surface area contributed by atoms with E-state index in [9.17, 15) is 9.90 Å². The molecule has 0 spiro atoms. The average Bonchev–Trinajstić information content (AvgIpc) is 2.33. The Hall–Kier alpha value is -1.82. The third kappa shape index (κ3) is 3.59. The first kappa shape index (κ1) is 14.2. The van der Waals surface area contributed by atoms with Gasteiger partial charge in [-0.25, -0.2) is 4.79 Å². The van der Waals surface area contributed by atoms with E-state index in [0.717, 1.165) is 5.56 Å². The molecule has 0 aliphatic rings. The molecule has 1 amide bonds. The van der Waals surface area contributed by atoms with Crippen molar-refractivity contribution in [1.29, 1.82) is 5.41 Å². The maximum atomic E-state index is 11.1. The number of rotatable bonds is 2. The highest BCUT2D eigenvalue weighted by molar-refractivity contribution is 8.15. The fourth-order valence-corrected chi connectivity index (χ4v) is 1.85. The maximum absolute atomic E-state index is 11.1. The van der Waals surface area contributed by atoms with Crippen LogP contribution in [0.15, 0.2) is 23.2 Å². The summed E-state index contributed by atoms with van der Waals surface area (Å²) in [4.78, 5) is 14.7. The molecule has 2 N–H and O–H groups in total. The monoisotopic (exact) mass is 266 g/mol. The normalized spacial score (nSPS) is 11.2. The highest BCUT2D eigenvalue weighted by Crippen LogP contribution is 2.17. The molecule has 0 aliphatic heterocycles. The van der Waals surface area contributed by atoms with Gasteiger partial charge >= 0.3 is 6.09 Å². The Bertz CT molecular complexity index is 492. The van der Waals surface area contributed by atoms with E-state index >= 15 is 0 Å². The molecule has 18 heavy (non-hydrogen) atoms. The van der Waals surface area contributed by atoms with Gasteiger partial charge in [-0.1, -0.05) is 0 Å². The van der Waals surface area contributed by atoms with Crippen molar-refractivity contribution in [3.63, 3.8) is 0 Å². The van der Waals surface area contributed by atoms with Crippen LogP contribution < -0.4 is 0 Å². The van der Waals surface area contributed by atoms with Gasteiger partial charge < -0.3 is 9.84 Å². The number of benzene rings is 1. The topological polar surface area (TPSA) is 82.7 Å². The van der Waals surface area contributed by atoms with E-state index in [1.165, 1.54) is 24.9 Å². The van der Waals surface area contributed by atoms with Gasteiger partial charge in [0.1, 0.15) is 10.8 Å². The smallest absolute Gasteiger partial charge is 0.434 e. The van der Waals surface area contributed by atoms with Gasteiger partial charge in [0.2, 0.25) is 0 Å². The lowest BCUT2D eigenvalue weighted by Gasteiger charge is -2.07. The third-order valence-corrected chi connectivity index (χ3v) is 2.81. The van der Waals surface area contributed by atoms with Crippen LogP contribution >= 0.6 is 11.8 Å². The second-order valence-electron chi connectivity index (χ2n) is 3.52. The molecule has 6 heteroatoms. The van der Waals surface area contributed by atoms with Gasteiger partial charge in [0.05, 0.1) is 12.8 Å². The zero-order valence-corrected chi connectivity index (χ0v) is 11.2. The Morgan fingerprint density at radius 2 is 2.11 bits per heavy atom. The molecule has 0 heterocycles. The molecular weight excluding hydrogens is 252 g/mol. The van der Waals surface area contributed by atoms with E-state index in [2.05, 4.69) is 9.73 Å². The Balaban J connectivity index is 3.11. The number of amides is 1. The number of nitrogens with one attached hydrogen (secondary N) is 1. The molecule has 0 atom stereocenters. The van der Waals surface area contributed by atoms with Crippen LogP contribution in [0, 0.1) is 12.3 Å². The molecule has 0 aromatic heterocycles. The minimum Gasteiger partial charge on any atom is -0.508 e. The van der Waals surface area contributed by atoms with E-state index < -0.39 is 6.09 Å². The fourth-order valence-electron chi connectivity index (χ4n) is 1.36. The first-order chi connectivity index (χ1) is 8.47. The number of thioether (sulfide) groups is 1. The molecule has 0 saturated heterocycles. The van der Waals surface area contributed by atoms with Crippen LogP contribution in [-0.2, 0) is 4.74 Å². The minimum absolute atomic E-state index is 0.0758. The van der Waals surface area contributed by atoms with E-state index in [1.54, 1.807) is 18.4 Å². The standard InChI is InChI=1S/C12H14N2O3S/c1-7-4-8(6-9(15)5-7)10(13)11(18-3)14-12(16)17-2/h4-6,13,15H,1-3H3. The van der Waals surface area contributed by atoms with Crippen LogP contribution in [0.4, 0.5) is 4.79 Å². The summed E-state index contributed by atoms with van der Waals surface area (Å²) in [5.41, 5.74) is 1.41. The number of carbonyl (C=O) groups excluding carboxylic acids is 1. The Morgan fingerprint density at radius 3 is 2.61 bits per heavy atom. The number of phenols is 1. The third-order valence-electron chi connectivity index (χ3n) is 2.13. The van der Waals surface area contributed by atoms with Gasteiger partial charge in [0.15, 0.2) is 0 Å². The largest absolute Gasteiger partial charge is 0.508 e. The molecule has 1 aromatic rings. The van der Waals surface area contributed by atoms with Crippen molar-refractivity contribution >= 4 is 28.6 Å². The van der Waals surface area contributed by atoms with Gasteiger partial charge in [-0.2, -0.15) is 4.99 Å². The summed E-state index contributed by atoms with van der Waals surface area (Å²) in [7, 11) is 1.23. The molecule has 0 radical (unpaired) electrons. The second kappa shape index (κ2) is 6.20. The SMILES string of the molecule is COC(=O)N=C(SC)C(=N)c1cc(C)cc(O)c1. The predicted octanol–water partition coefficient (Wildman–Crippen LogP) is 2.60. The molecule has 0 fully saturated rings. The second-order valence-corrected chi connectivity index (χ2v) is 4.32. The summed E-state index contributed by atoms with van der Waals surface area (Å²) < 4.78 is 4.43. The van der Waals surface area contributed by atoms with Crippen molar-refractivity contribution < 1.29 is 14.6 Å². The number of phenolic OH excluding ortho intramolecular Hbond substituents is 1. The van der Waals surface area contributed by atoms with Gasteiger partial charge in [-0.3, -0.25) is 5.41 Å². The molecule has 0 aliphatic carbocycles. The Morgan fingerprint density at radius 1 is 1.44 bits per heavy atom. The maximum Gasteiger partial charge on any atom is 0.434 e. The van der Waals surface area contributed by atoms with Crippen molar-refractivity contribution in [2.45, 2.75) is 6.92 Å². The van der Waals surface area contributed by atoms with Gasteiger partial charge in [-0.15, -0.1) is 11.8 Å². The zero-order valence-electron chi connectivity index (χ0n) is 10.4. The first-order valence-corrected chi connectivity index (χ1v) is 6.31. The average molecular weight is 266 g/mol. The Labute approximate surface area is 109 Å². The number of hydrogen-bond acceptors (Lipinski definition) is 5. The van der Waals surface area contributed by atoms with E-state index in [1.807, 2.05) is 6.92 Å². The van der Waals surface area contributed by atoms with E-state index in [-0.39, 0.29) is 16.5 Å². The van der Waals surface area contributed by atoms with Gasteiger partial charge in [-0.05, 0) is 36.9 Å². The lowest BCUT2D eigenvalue weighted by Crippen LogP contribution is -2.13. The quantitative estimate of drug-likeness (QED) is 0.636. The highest BCUT2D eigenvalue weighted by atomic mass is 32.2. The number of methoxy groups -OCH3 is 1. The number of ether oxygens (including phenoxy) is 1. The number of nitrogens with zero attached hydrogens (tertiary/aromatic N) is 1. The summed E-state index contributed by atoms with van der Waals surface area (Å²) in [6, 6.07) is 4.79. The van der Waals surface area contributed by atoms with Crippen molar-refractivity contribution in [2.75, 3.05) is 13.4 Å². The highest BCUT2D eigenvalue weighted by Gasteiger charge is 2.12. The van der Waals surface area contributed by atoms with Crippen LogP contribution in [0.5, 0.6) is 5.75 Å². The molecule has 1 aromatic carbocycles. The molecule has 1 rings (SSSR count). The summed E-state index contributed by atoms with van der Waals surface area (Å²) in [6.07, 6.45) is 0.965. The fraction of sp³-hybridized carbons (Fsp3) is 0.250. The summed E-state index contributed by atoms with van der Waals surface area (Å²) in [6.45, 7) is 1.81. The van der Waals surface area contributed by atoms with Crippen molar-refractivity contribution in [3.8, 4) is 5.75 Å². The van der Waals surface area contributed by atoms with Crippen LogP contribution in [0.25, 0.3) is 0 Å². The first-order valence-electron chi connectivity index (χ1n) is 5.08. The number of aromatic hydroxyl groups is 1. The number of aryl methyl sites for hydroxylation is 1. The molecule has 0 saturated carbocycles. The van der Waals surface area contributed by atoms with Crippen LogP contribution in [-0.4, -0.2) is 35.3 Å². The lowest BCUT2D eigenvalue weighted by molar-refractivity contribution is 0.183. The van der Waals surface area contributed by atoms with Crippen LogP contribution in [0.3, 0.4) is 0 Å². The van der Waals surface area contributed by atoms with E-state index in [0.29, 0.717) is 5.56 Å². The van der Waals surface area contributed by atoms with Crippen LogP contribution in [0.2, 0.25) is 0 Å². The van der Waals surface area contributed by atoms with Crippen molar-refractivity contribution in [1.82, 2.24) is 0 Å². The minimum atomic E-state index is -0.749. The summed E-state index contributed by atoms with van der Waals surface area (Å²) >= 11 is 1.17. The zero-order chi connectivity index (χ0) is 13.7. The summed E-state index contributed by atoms with van der Waals surface area (Å²) in [5, 5.41) is 17.7. The molecular formula is C12H14N2O3S. The van der Waals surface area contributed by atoms with Crippen molar-refractivity contribution in [3.05, 3.63) is 29.3 Å². The lowest BCUT2D eigenvalue weighted by atomic mass is 10.1. The Kier molecular flexibility index (Phi) is 4.91. The van der Waals surface area contributed by atoms with Gasteiger partial charge in [0, 0.05) is 5.56 Å². The van der Waals surface area contributed by atoms with Crippen LogP contribution in [0.1, 0.15) is 11.1 Å². The number of hydrogen-bond donors (Lipinski definition) is 2. The van der Waals surface area contributed by atoms with E-state index in [4.69, 9.17) is 5.41 Å².